The van der Waals surface area contributed by atoms with Crippen LogP contribution >= 0.6 is 11.8 Å². The van der Waals surface area contributed by atoms with Gasteiger partial charge in [-0.15, -0.1) is 0 Å². The molecular formula is C12H13N3S. The summed E-state index contributed by atoms with van der Waals surface area (Å²) in [7, 11) is 1.87. The van der Waals surface area contributed by atoms with E-state index >= 15 is 0 Å². The molecule has 0 aliphatic rings. The highest BCUT2D eigenvalue weighted by atomic mass is 32.2. The molecule has 1 heterocycles. The van der Waals surface area contributed by atoms with Crippen LogP contribution in [0, 0.1) is 6.92 Å². The van der Waals surface area contributed by atoms with E-state index in [1.54, 1.807) is 18.1 Å². The minimum Gasteiger partial charge on any atom is -0.373 e. The van der Waals surface area contributed by atoms with Crippen molar-refractivity contribution in [2.45, 2.75) is 16.8 Å². The molecule has 3 nitrogen and oxygen atoms in total. The standard InChI is InChI=1S/C12H13N3S/c1-9-11(13-2)14-8-15-12(9)16-10-6-4-3-5-7-10/h3-8H,1-2H3,(H,13,14,15). The molecule has 0 fully saturated rings. The molecule has 2 rings (SSSR count). The van der Waals surface area contributed by atoms with Gasteiger partial charge in [0.05, 0.1) is 0 Å². The molecule has 1 aromatic heterocycles. The van der Waals surface area contributed by atoms with Gasteiger partial charge in [0.15, 0.2) is 0 Å². The maximum Gasteiger partial charge on any atom is 0.133 e. The van der Waals surface area contributed by atoms with Crippen molar-refractivity contribution in [2.75, 3.05) is 12.4 Å². The van der Waals surface area contributed by atoms with Gasteiger partial charge < -0.3 is 5.32 Å². The first-order valence-corrected chi connectivity index (χ1v) is 5.85. The monoisotopic (exact) mass is 231 g/mol. The first-order chi connectivity index (χ1) is 7.81. The molecule has 1 N–H and O–H groups in total. The fraction of sp³-hybridized carbons (Fsp3) is 0.167. The number of anilines is 1. The summed E-state index contributed by atoms with van der Waals surface area (Å²) in [5.41, 5.74) is 1.08. The molecule has 82 valence electrons. The van der Waals surface area contributed by atoms with Gasteiger partial charge >= 0.3 is 0 Å². The average Bonchev–Trinajstić information content (AvgIpc) is 2.33. The van der Waals surface area contributed by atoms with Crippen molar-refractivity contribution in [3.05, 3.63) is 42.2 Å². The van der Waals surface area contributed by atoms with Crippen molar-refractivity contribution < 1.29 is 0 Å². The number of benzene rings is 1. The summed E-state index contributed by atoms with van der Waals surface area (Å²) < 4.78 is 0. The van der Waals surface area contributed by atoms with E-state index in [1.165, 1.54) is 4.90 Å². The minimum absolute atomic E-state index is 0.883. The van der Waals surface area contributed by atoms with Crippen LogP contribution in [0.4, 0.5) is 5.82 Å². The van der Waals surface area contributed by atoms with E-state index in [0.717, 1.165) is 16.4 Å². The fourth-order valence-electron chi connectivity index (χ4n) is 1.39. The molecule has 16 heavy (non-hydrogen) atoms. The van der Waals surface area contributed by atoms with E-state index in [-0.39, 0.29) is 0 Å². The molecule has 0 bridgehead atoms. The van der Waals surface area contributed by atoms with Gasteiger partial charge in [-0.2, -0.15) is 0 Å². The van der Waals surface area contributed by atoms with E-state index in [4.69, 9.17) is 0 Å². The zero-order valence-corrected chi connectivity index (χ0v) is 10.1. The topological polar surface area (TPSA) is 37.8 Å². The van der Waals surface area contributed by atoms with E-state index < -0.39 is 0 Å². The lowest BCUT2D eigenvalue weighted by atomic mass is 10.3. The quantitative estimate of drug-likeness (QED) is 0.824. The Bertz CT molecular complexity index is 471. The minimum atomic E-state index is 0.883. The Morgan fingerprint density at radius 3 is 2.56 bits per heavy atom. The van der Waals surface area contributed by atoms with E-state index in [1.807, 2.05) is 32.2 Å². The lowest BCUT2D eigenvalue weighted by Crippen LogP contribution is -1.98. The van der Waals surface area contributed by atoms with Gasteiger partial charge in [0.2, 0.25) is 0 Å². The second-order valence-corrected chi connectivity index (χ2v) is 4.38. The second kappa shape index (κ2) is 4.99. The van der Waals surface area contributed by atoms with Crippen LogP contribution in [0.1, 0.15) is 5.56 Å². The van der Waals surface area contributed by atoms with Gasteiger partial charge in [0, 0.05) is 17.5 Å². The molecule has 4 heteroatoms. The Labute approximate surface area is 99.3 Å². The van der Waals surface area contributed by atoms with Crippen molar-refractivity contribution in [1.29, 1.82) is 0 Å². The highest BCUT2D eigenvalue weighted by molar-refractivity contribution is 7.99. The summed E-state index contributed by atoms with van der Waals surface area (Å²) in [5, 5.41) is 4.05. The SMILES string of the molecule is CNc1ncnc(Sc2ccccc2)c1C. The van der Waals surface area contributed by atoms with Crippen LogP contribution in [-0.4, -0.2) is 17.0 Å². The highest BCUT2D eigenvalue weighted by Gasteiger charge is 2.06. The second-order valence-electron chi connectivity index (χ2n) is 3.32. The summed E-state index contributed by atoms with van der Waals surface area (Å²) in [5.74, 6) is 0.883. The molecule has 0 radical (unpaired) electrons. The summed E-state index contributed by atoms with van der Waals surface area (Å²) in [6.07, 6.45) is 1.59. The lowest BCUT2D eigenvalue weighted by molar-refractivity contribution is 1.00. The first-order valence-electron chi connectivity index (χ1n) is 5.03. The van der Waals surface area contributed by atoms with Crippen LogP contribution in [0.3, 0.4) is 0 Å². The smallest absolute Gasteiger partial charge is 0.133 e. The Balaban J connectivity index is 2.28. The molecule has 0 amide bonds. The summed E-state index contributed by atoms with van der Waals surface area (Å²) in [6.45, 7) is 2.02. The molecule has 2 aromatic rings. The van der Waals surface area contributed by atoms with Gasteiger partial charge in [-0.3, -0.25) is 0 Å². The van der Waals surface area contributed by atoms with Crippen LogP contribution in [0.15, 0.2) is 46.6 Å². The van der Waals surface area contributed by atoms with Crippen molar-refractivity contribution in [3.8, 4) is 0 Å². The van der Waals surface area contributed by atoms with Gasteiger partial charge in [0.25, 0.3) is 0 Å². The third-order valence-electron chi connectivity index (χ3n) is 2.23. The predicted molar refractivity (Wildman–Crippen MR) is 66.9 cm³/mol. The van der Waals surface area contributed by atoms with Crippen molar-refractivity contribution in [1.82, 2.24) is 9.97 Å². The number of nitrogens with zero attached hydrogens (tertiary/aromatic N) is 2. The van der Waals surface area contributed by atoms with Crippen molar-refractivity contribution >= 4 is 17.6 Å². The molecule has 0 atom stereocenters. The van der Waals surface area contributed by atoms with Crippen LogP contribution in [0.5, 0.6) is 0 Å². The van der Waals surface area contributed by atoms with E-state index in [0.29, 0.717) is 0 Å². The molecular weight excluding hydrogens is 218 g/mol. The summed E-state index contributed by atoms with van der Waals surface area (Å²) in [6, 6.07) is 10.2. The first kappa shape index (κ1) is 11.0. The molecule has 0 unspecified atom stereocenters. The Morgan fingerprint density at radius 1 is 1.12 bits per heavy atom. The van der Waals surface area contributed by atoms with Gasteiger partial charge in [-0.1, -0.05) is 30.0 Å². The van der Waals surface area contributed by atoms with Crippen molar-refractivity contribution in [3.63, 3.8) is 0 Å². The molecule has 0 saturated carbocycles. The normalized spacial score (nSPS) is 10.1. The van der Waals surface area contributed by atoms with Gasteiger partial charge in [0.1, 0.15) is 17.2 Å². The zero-order chi connectivity index (χ0) is 11.4. The lowest BCUT2D eigenvalue weighted by Gasteiger charge is -2.07. The van der Waals surface area contributed by atoms with Crippen LogP contribution in [0.25, 0.3) is 0 Å². The number of rotatable bonds is 3. The maximum absolute atomic E-state index is 4.29. The third kappa shape index (κ3) is 2.33. The molecule has 0 aliphatic carbocycles. The Morgan fingerprint density at radius 2 is 1.88 bits per heavy atom. The van der Waals surface area contributed by atoms with Crippen LogP contribution in [-0.2, 0) is 0 Å². The number of aromatic nitrogens is 2. The van der Waals surface area contributed by atoms with E-state index in [2.05, 4.69) is 27.4 Å². The van der Waals surface area contributed by atoms with Gasteiger partial charge in [-0.25, -0.2) is 9.97 Å². The number of nitrogens with one attached hydrogen (secondary N) is 1. The Hall–Kier alpha value is -1.55. The largest absolute Gasteiger partial charge is 0.373 e. The highest BCUT2D eigenvalue weighted by Crippen LogP contribution is 2.29. The molecule has 0 saturated heterocycles. The van der Waals surface area contributed by atoms with Crippen LogP contribution < -0.4 is 5.32 Å². The molecule has 0 spiro atoms. The Kier molecular flexibility index (Phi) is 3.41. The summed E-state index contributed by atoms with van der Waals surface area (Å²) in [4.78, 5) is 9.64. The van der Waals surface area contributed by atoms with E-state index in [9.17, 15) is 0 Å². The van der Waals surface area contributed by atoms with Crippen LogP contribution in [0.2, 0.25) is 0 Å². The predicted octanol–water partition coefficient (Wildman–Crippen LogP) is 2.98. The van der Waals surface area contributed by atoms with Gasteiger partial charge in [-0.05, 0) is 19.1 Å². The molecule has 1 aromatic carbocycles. The maximum atomic E-state index is 4.29. The number of hydrogen-bond acceptors (Lipinski definition) is 4. The summed E-state index contributed by atoms with van der Waals surface area (Å²) >= 11 is 1.65. The zero-order valence-electron chi connectivity index (χ0n) is 9.27. The van der Waals surface area contributed by atoms with Crippen molar-refractivity contribution in [2.24, 2.45) is 0 Å². The average molecular weight is 231 g/mol. The number of hydrogen-bond donors (Lipinski definition) is 1. The fourth-order valence-corrected chi connectivity index (χ4v) is 2.26. The third-order valence-corrected chi connectivity index (χ3v) is 3.35. The molecule has 0 aliphatic heterocycles.